The summed E-state index contributed by atoms with van der Waals surface area (Å²) < 4.78 is 0. The summed E-state index contributed by atoms with van der Waals surface area (Å²) in [4.78, 5) is 0. The van der Waals surface area contributed by atoms with Crippen molar-refractivity contribution < 1.29 is 5.11 Å². The average Bonchev–Trinajstić information content (AvgIpc) is 3.00. The Labute approximate surface area is 135 Å². The van der Waals surface area contributed by atoms with Crippen LogP contribution < -0.4 is 0 Å². The van der Waals surface area contributed by atoms with Gasteiger partial charge in [-0.25, -0.2) is 0 Å². The van der Waals surface area contributed by atoms with Crippen molar-refractivity contribution in [3.63, 3.8) is 0 Å². The molecule has 0 aromatic carbocycles. The van der Waals surface area contributed by atoms with Gasteiger partial charge in [-0.2, -0.15) is 0 Å². The maximum absolute atomic E-state index is 10.8. The van der Waals surface area contributed by atoms with E-state index in [1.165, 1.54) is 57.8 Å². The van der Waals surface area contributed by atoms with E-state index in [1.807, 2.05) is 6.08 Å². The second-order valence-corrected chi connectivity index (χ2v) is 8.55. The van der Waals surface area contributed by atoms with E-state index in [4.69, 9.17) is 0 Å². The molecule has 0 bridgehead atoms. The molecule has 1 heteroatoms. The Morgan fingerprint density at radius 2 is 1.95 bits per heavy atom. The van der Waals surface area contributed by atoms with Gasteiger partial charge in [0.1, 0.15) is 0 Å². The molecule has 4 rings (SSSR count). The summed E-state index contributed by atoms with van der Waals surface area (Å²) >= 11 is 0. The van der Waals surface area contributed by atoms with Crippen molar-refractivity contribution in [2.75, 3.05) is 0 Å². The van der Waals surface area contributed by atoms with Crippen molar-refractivity contribution >= 4 is 0 Å². The van der Waals surface area contributed by atoms with Crippen molar-refractivity contribution in [2.45, 2.75) is 70.3 Å². The molecule has 1 N–H and O–H groups in total. The molecule has 0 aliphatic heterocycles. The fraction of sp³-hybridized carbons (Fsp3) is 0.810. The molecule has 7 atom stereocenters. The molecule has 3 fully saturated rings. The Morgan fingerprint density at radius 1 is 1.09 bits per heavy atom. The van der Waals surface area contributed by atoms with Gasteiger partial charge in [-0.1, -0.05) is 37.5 Å². The average molecular weight is 300 g/mol. The quantitative estimate of drug-likeness (QED) is 0.718. The summed E-state index contributed by atoms with van der Waals surface area (Å²) in [5.41, 5.74) is 0.0802. The van der Waals surface area contributed by atoms with Gasteiger partial charge < -0.3 is 5.11 Å². The number of hydrogen-bond acceptors (Lipinski definition) is 1. The molecule has 0 saturated heterocycles. The fourth-order valence-corrected chi connectivity index (χ4v) is 6.96. The Balaban J connectivity index is 1.58. The monoisotopic (exact) mass is 300 g/mol. The molecule has 0 aromatic rings. The van der Waals surface area contributed by atoms with Gasteiger partial charge in [0.15, 0.2) is 0 Å². The minimum atomic E-state index is -0.209. The highest BCUT2D eigenvalue weighted by Gasteiger charge is 2.55. The Kier molecular flexibility index (Phi) is 3.97. The van der Waals surface area contributed by atoms with Gasteiger partial charge >= 0.3 is 0 Å². The van der Waals surface area contributed by atoms with Crippen molar-refractivity contribution in [2.24, 2.45) is 35.0 Å². The van der Waals surface area contributed by atoms with Crippen LogP contribution in [0.5, 0.6) is 0 Å². The highest BCUT2D eigenvalue weighted by molar-refractivity contribution is 5.19. The van der Waals surface area contributed by atoms with Crippen molar-refractivity contribution in [1.29, 1.82) is 0 Å². The normalized spacial score (nSPS) is 48.1. The maximum Gasteiger partial charge on any atom is 0.0667 e. The highest BCUT2D eigenvalue weighted by Crippen LogP contribution is 2.62. The lowest BCUT2D eigenvalue weighted by Crippen LogP contribution is -2.51. The smallest absolute Gasteiger partial charge is 0.0667 e. The molecule has 3 saturated carbocycles. The maximum atomic E-state index is 10.8. The lowest BCUT2D eigenvalue weighted by molar-refractivity contribution is -0.0893. The third kappa shape index (κ3) is 2.15. The Morgan fingerprint density at radius 3 is 2.82 bits per heavy atom. The fourth-order valence-electron chi connectivity index (χ4n) is 6.96. The van der Waals surface area contributed by atoms with Crippen molar-refractivity contribution in [3.8, 4) is 0 Å². The zero-order valence-electron chi connectivity index (χ0n) is 13.9. The molecule has 4 aliphatic rings. The molecule has 4 aliphatic carbocycles. The topological polar surface area (TPSA) is 20.2 Å². The summed E-state index contributed by atoms with van der Waals surface area (Å²) in [6, 6.07) is 0. The highest BCUT2D eigenvalue weighted by atomic mass is 16.3. The van der Waals surface area contributed by atoms with E-state index in [2.05, 4.69) is 18.7 Å². The molecule has 0 spiro atoms. The first-order chi connectivity index (χ1) is 10.8. The molecule has 2 unspecified atom stereocenters. The van der Waals surface area contributed by atoms with E-state index >= 15 is 0 Å². The minimum Gasteiger partial charge on any atom is -0.392 e. The Hall–Kier alpha value is -0.560. The molecule has 122 valence electrons. The number of rotatable bonds is 3. The van der Waals surface area contributed by atoms with Gasteiger partial charge in [0, 0.05) is 5.41 Å². The van der Waals surface area contributed by atoms with Crippen LogP contribution in [0.3, 0.4) is 0 Å². The van der Waals surface area contributed by atoms with Crippen LogP contribution >= 0.6 is 0 Å². The number of allylic oxidation sites excluding steroid dienone is 1. The number of hydrogen-bond donors (Lipinski definition) is 1. The first-order valence-electron chi connectivity index (χ1n) is 9.73. The van der Waals surface area contributed by atoms with Gasteiger partial charge in [-0.3, -0.25) is 0 Å². The third-order valence-electron chi connectivity index (χ3n) is 7.88. The molecular weight excluding hydrogens is 268 g/mol. The van der Waals surface area contributed by atoms with Gasteiger partial charge in [0.05, 0.1) is 6.10 Å². The van der Waals surface area contributed by atoms with Gasteiger partial charge in [0.2, 0.25) is 0 Å². The second-order valence-electron chi connectivity index (χ2n) is 8.55. The van der Waals surface area contributed by atoms with Crippen LogP contribution in [0.4, 0.5) is 0 Å². The largest absolute Gasteiger partial charge is 0.392 e. The van der Waals surface area contributed by atoms with Crippen LogP contribution in [0.15, 0.2) is 24.8 Å². The standard InChI is InChI=1S/C21H32O/c1-2-6-20(22)21-13-5-9-19(21)18-11-10-15-7-3-4-8-16(15)17(18)12-14-21/h2,5,13,15-20,22H,1,3-4,6-12,14H2/t15?,16-,17+,18+,19-,20?,21+/m0/s1. The molecule has 0 radical (unpaired) electrons. The molecule has 0 aromatic heterocycles. The van der Waals surface area contributed by atoms with E-state index in [1.54, 1.807) is 0 Å². The van der Waals surface area contributed by atoms with Crippen LogP contribution in [-0.4, -0.2) is 11.2 Å². The molecule has 1 nitrogen and oxygen atoms in total. The summed E-state index contributed by atoms with van der Waals surface area (Å²) in [7, 11) is 0. The molecular formula is C21H32O. The lowest BCUT2D eigenvalue weighted by Gasteiger charge is -2.56. The van der Waals surface area contributed by atoms with E-state index in [0.717, 1.165) is 30.1 Å². The van der Waals surface area contributed by atoms with Crippen molar-refractivity contribution in [1.82, 2.24) is 0 Å². The van der Waals surface area contributed by atoms with Gasteiger partial charge in [0.25, 0.3) is 0 Å². The Bertz CT molecular complexity index is 453. The van der Waals surface area contributed by atoms with Crippen LogP contribution in [0.1, 0.15) is 64.2 Å². The van der Waals surface area contributed by atoms with E-state index < -0.39 is 0 Å². The zero-order chi connectivity index (χ0) is 15.2. The first kappa shape index (κ1) is 15.0. The SMILES string of the molecule is C=CCC(O)[C@@]12C=CC[C@H]1[C@@H]1CCC3CCCC[C@@H]3[C@H]1CC2. The predicted octanol–water partition coefficient (Wildman–Crippen LogP) is 5.11. The van der Waals surface area contributed by atoms with Crippen LogP contribution in [0, 0.1) is 35.0 Å². The number of aliphatic hydroxyl groups excluding tert-OH is 1. The number of aliphatic hydroxyl groups is 1. The minimum absolute atomic E-state index is 0.0802. The van der Waals surface area contributed by atoms with Crippen LogP contribution in [0.2, 0.25) is 0 Å². The molecule has 0 amide bonds. The first-order valence-corrected chi connectivity index (χ1v) is 9.73. The van der Waals surface area contributed by atoms with Gasteiger partial charge in [-0.15, -0.1) is 6.58 Å². The third-order valence-corrected chi connectivity index (χ3v) is 7.88. The van der Waals surface area contributed by atoms with Gasteiger partial charge in [-0.05, 0) is 74.5 Å². The molecule has 22 heavy (non-hydrogen) atoms. The van der Waals surface area contributed by atoms with Crippen molar-refractivity contribution in [3.05, 3.63) is 24.8 Å². The second kappa shape index (κ2) is 5.82. The number of fused-ring (bicyclic) bond motifs is 5. The summed E-state index contributed by atoms with van der Waals surface area (Å²) in [5, 5.41) is 10.8. The zero-order valence-corrected chi connectivity index (χ0v) is 13.9. The summed E-state index contributed by atoms with van der Waals surface area (Å²) in [5.74, 6) is 4.61. The van der Waals surface area contributed by atoms with E-state index in [0.29, 0.717) is 5.92 Å². The van der Waals surface area contributed by atoms with E-state index in [-0.39, 0.29) is 11.5 Å². The van der Waals surface area contributed by atoms with Crippen LogP contribution in [0.25, 0.3) is 0 Å². The summed E-state index contributed by atoms with van der Waals surface area (Å²) in [6.45, 7) is 3.86. The van der Waals surface area contributed by atoms with Crippen LogP contribution in [-0.2, 0) is 0 Å². The molecule has 0 heterocycles. The summed E-state index contributed by atoms with van der Waals surface area (Å²) in [6.07, 6.45) is 19.9. The lowest BCUT2D eigenvalue weighted by atomic mass is 9.49. The predicted molar refractivity (Wildman–Crippen MR) is 91.4 cm³/mol. The van der Waals surface area contributed by atoms with E-state index in [9.17, 15) is 5.11 Å².